The van der Waals surface area contributed by atoms with Crippen molar-refractivity contribution in [2.24, 2.45) is 17.8 Å². The van der Waals surface area contributed by atoms with Gasteiger partial charge >= 0.3 is 0 Å². The lowest BCUT2D eigenvalue weighted by atomic mass is 9.78. The molecule has 0 saturated heterocycles. The Morgan fingerprint density at radius 1 is 0.759 bits per heavy atom. The second kappa shape index (κ2) is 5.97. The number of allylic oxidation sites excluding steroid dienone is 4. The Labute approximate surface area is 176 Å². The van der Waals surface area contributed by atoms with Gasteiger partial charge in [0.05, 0.1) is 0 Å². The summed E-state index contributed by atoms with van der Waals surface area (Å²) in [4.78, 5) is 0. The van der Waals surface area contributed by atoms with Crippen LogP contribution < -0.4 is 0 Å². The fraction of sp³-hybridized carbons (Fsp3) is 0.448. The van der Waals surface area contributed by atoms with E-state index in [2.05, 4.69) is 108 Å². The SMILES string of the molecule is CC(C)(C)c1ccc(C2=CC3C4CC2C=CC34c2ccc(C(C)(C)C)cc2)cc1. The molecule has 0 aromatic heterocycles. The first-order valence-electron chi connectivity index (χ1n) is 11.2. The highest BCUT2D eigenvalue weighted by Crippen LogP contribution is 2.70. The molecule has 0 radical (unpaired) electrons. The maximum absolute atomic E-state index is 2.61. The first kappa shape index (κ1) is 18.9. The Kier molecular flexibility index (Phi) is 3.90. The van der Waals surface area contributed by atoms with Gasteiger partial charge in [0, 0.05) is 11.3 Å². The smallest absolute Gasteiger partial charge is 0.0233 e. The predicted molar refractivity (Wildman–Crippen MR) is 124 cm³/mol. The van der Waals surface area contributed by atoms with Crippen molar-refractivity contribution in [3.05, 3.63) is 89.0 Å². The minimum atomic E-state index is 0.211. The molecule has 2 aromatic carbocycles. The van der Waals surface area contributed by atoms with Crippen molar-refractivity contribution in [1.82, 2.24) is 0 Å². The minimum Gasteiger partial charge on any atom is -0.0801 e. The Hall–Kier alpha value is -2.08. The van der Waals surface area contributed by atoms with Crippen molar-refractivity contribution < 1.29 is 0 Å². The van der Waals surface area contributed by atoms with E-state index in [1.165, 1.54) is 28.7 Å². The number of fused-ring (bicyclic) bond motifs is 2. The zero-order chi connectivity index (χ0) is 20.6. The van der Waals surface area contributed by atoms with Crippen molar-refractivity contribution in [2.75, 3.05) is 0 Å². The van der Waals surface area contributed by atoms with E-state index < -0.39 is 0 Å². The van der Waals surface area contributed by atoms with Gasteiger partial charge in [-0.2, -0.15) is 0 Å². The lowest BCUT2D eigenvalue weighted by molar-refractivity contribution is 0.558. The lowest BCUT2D eigenvalue weighted by Gasteiger charge is -2.26. The molecule has 29 heavy (non-hydrogen) atoms. The summed E-state index contributed by atoms with van der Waals surface area (Å²) in [6, 6.07) is 18.8. The Balaban J connectivity index is 1.46. The van der Waals surface area contributed by atoms with E-state index in [1.54, 1.807) is 5.57 Å². The molecule has 0 heterocycles. The fourth-order valence-corrected chi connectivity index (χ4v) is 5.75. The van der Waals surface area contributed by atoms with Gasteiger partial charge in [0.25, 0.3) is 0 Å². The number of rotatable bonds is 2. The topological polar surface area (TPSA) is 0 Å². The molecule has 0 heteroatoms. The Bertz CT molecular complexity index is 986. The second-order valence-corrected chi connectivity index (χ2v) is 11.5. The van der Waals surface area contributed by atoms with Crippen LogP contribution in [0.3, 0.4) is 0 Å². The minimum absolute atomic E-state index is 0.211. The van der Waals surface area contributed by atoms with Gasteiger partial charge in [-0.3, -0.25) is 0 Å². The van der Waals surface area contributed by atoms with Crippen LogP contribution in [-0.2, 0) is 16.2 Å². The molecule has 4 unspecified atom stereocenters. The number of benzene rings is 2. The zero-order valence-electron chi connectivity index (χ0n) is 18.8. The third-order valence-corrected chi connectivity index (χ3v) is 7.70. The van der Waals surface area contributed by atoms with Crippen molar-refractivity contribution in [1.29, 1.82) is 0 Å². The molecule has 0 aliphatic heterocycles. The van der Waals surface area contributed by atoms with Crippen LogP contribution in [-0.4, -0.2) is 0 Å². The van der Waals surface area contributed by atoms with Crippen LogP contribution in [0.1, 0.15) is 70.2 Å². The quantitative estimate of drug-likeness (QED) is 0.473. The largest absolute Gasteiger partial charge is 0.0801 e. The van der Waals surface area contributed by atoms with Crippen LogP contribution in [0, 0.1) is 17.8 Å². The van der Waals surface area contributed by atoms with Crippen LogP contribution in [0.4, 0.5) is 0 Å². The molecule has 150 valence electrons. The molecule has 4 atom stereocenters. The first-order chi connectivity index (χ1) is 13.6. The lowest BCUT2D eigenvalue weighted by Crippen LogP contribution is -2.16. The first-order valence-corrected chi connectivity index (χ1v) is 11.2. The van der Waals surface area contributed by atoms with E-state index in [9.17, 15) is 0 Å². The third-order valence-electron chi connectivity index (χ3n) is 7.70. The average Bonchev–Trinajstić information content (AvgIpc) is 3.38. The standard InChI is InChI=1S/C29H34/c1-27(2,3)21-9-7-19(8-10-21)24-18-26-25-17-20(24)15-16-29(25,26)23-13-11-22(12-14-23)28(4,5)6/h7-16,18,20,25-26H,17H2,1-6H3. The maximum Gasteiger partial charge on any atom is 0.0233 e. The van der Waals surface area contributed by atoms with Crippen molar-refractivity contribution in [3.8, 4) is 0 Å². The number of hydrogen-bond acceptors (Lipinski definition) is 0. The number of hydrogen-bond donors (Lipinski definition) is 0. The van der Waals surface area contributed by atoms with Gasteiger partial charge in [0.2, 0.25) is 0 Å². The molecule has 2 bridgehead atoms. The molecule has 1 fully saturated rings. The molecule has 5 rings (SSSR count). The van der Waals surface area contributed by atoms with Crippen LogP contribution >= 0.6 is 0 Å². The Morgan fingerprint density at radius 2 is 1.31 bits per heavy atom. The van der Waals surface area contributed by atoms with E-state index >= 15 is 0 Å². The van der Waals surface area contributed by atoms with Gasteiger partial charge in [-0.1, -0.05) is 108 Å². The summed E-state index contributed by atoms with van der Waals surface area (Å²) in [7, 11) is 0. The highest BCUT2D eigenvalue weighted by molar-refractivity contribution is 5.74. The summed E-state index contributed by atoms with van der Waals surface area (Å²) >= 11 is 0. The van der Waals surface area contributed by atoms with Crippen LogP contribution in [0.25, 0.3) is 5.57 Å². The van der Waals surface area contributed by atoms with E-state index in [0.717, 1.165) is 5.92 Å². The van der Waals surface area contributed by atoms with Crippen molar-refractivity contribution >= 4 is 5.57 Å². The highest BCUT2D eigenvalue weighted by Gasteiger charge is 2.66. The van der Waals surface area contributed by atoms with Gasteiger partial charge in [-0.25, -0.2) is 0 Å². The molecule has 0 nitrogen and oxygen atoms in total. The molecule has 3 aliphatic carbocycles. The Morgan fingerprint density at radius 3 is 1.86 bits per heavy atom. The summed E-state index contributed by atoms with van der Waals surface area (Å²) in [5.74, 6) is 2.03. The summed E-state index contributed by atoms with van der Waals surface area (Å²) in [6.07, 6.45) is 8.97. The fourth-order valence-electron chi connectivity index (χ4n) is 5.75. The zero-order valence-corrected chi connectivity index (χ0v) is 18.8. The maximum atomic E-state index is 2.61. The summed E-state index contributed by atoms with van der Waals surface area (Å²) < 4.78 is 0. The second-order valence-electron chi connectivity index (χ2n) is 11.5. The normalized spacial score (nSPS) is 30.1. The summed E-state index contributed by atoms with van der Waals surface area (Å²) in [5, 5.41) is 0. The van der Waals surface area contributed by atoms with Crippen LogP contribution in [0.2, 0.25) is 0 Å². The predicted octanol–water partition coefficient (Wildman–Crippen LogP) is 7.44. The van der Waals surface area contributed by atoms with E-state index in [4.69, 9.17) is 0 Å². The van der Waals surface area contributed by atoms with Crippen molar-refractivity contribution in [2.45, 2.75) is 64.2 Å². The summed E-state index contributed by atoms with van der Waals surface area (Å²) in [6.45, 7) is 13.7. The van der Waals surface area contributed by atoms with Gasteiger partial charge < -0.3 is 0 Å². The molecular weight excluding hydrogens is 348 g/mol. The molecule has 0 N–H and O–H groups in total. The van der Waals surface area contributed by atoms with Crippen LogP contribution in [0.15, 0.2) is 66.8 Å². The third kappa shape index (κ3) is 2.87. The molecule has 2 aromatic rings. The van der Waals surface area contributed by atoms with E-state index in [0.29, 0.717) is 11.8 Å². The van der Waals surface area contributed by atoms with E-state index in [-0.39, 0.29) is 16.2 Å². The van der Waals surface area contributed by atoms with Gasteiger partial charge in [-0.05, 0) is 56.9 Å². The van der Waals surface area contributed by atoms with E-state index in [1.807, 2.05) is 0 Å². The van der Waals surface area contributed by atoms with Crippen LogP contribution in [0.5, 0.6) is 0 Å². The monoisotopic (exact) mass is 382 g/mol. The van der Waals surface area contributed by atoms with Gasteiger partial charge in [-0.15, -0.1) is 0 Å². The van der Waals surface area contributed by atoms with Gasteiger partial charge in [0.15, 0.2) is 0 Å². The molecule has 0 spiro atoms. The van der Waals surface area contributed by atoms with Crippen molar-refractivity contribution in [3.63, 3.8) is 0 Å². The summed E-state index contributed by atoms with van der Waals surface area (Å²) in [5.41, 5.74) is 7.99. The average molecular weight is 383 g/mol. The molecule has 3 aliphatic rings. The van der Waals surface area contributed by atoms with Gasteiger partial charge in [0.1, 0.15) is 0 Å². The highest BCUT2D eigenvalue weighted by atomic mass is 14.7. The molecule has 0 amide bonds. The molecular formula is C29H34. The molecule has 1 saturated carbocycles.